The summed E-state index contributed by atoms with van der Waals surface area (Å²) >= 11 is 3.33. The number of carbonyl (C=O) groups excluding carboxylic acids is 3. The summed E-state index contributed by atoms with van der Waals surface area (Å²) in [5.74, 6) is -1.76. The second kappa shape index (κ2) is 8.94. The molecule has 3 amide bonds. The average Bonchev–Trinajstić information content (AvgIpc) is 2.49. The maximum Gasteiger partial charge on any atom is 0.327 e. The van der Waals surface area contributed by atoms with Gasteiger partial charge in [0.1, 0.15) is 5.75 Å². The number of hydrogen-bond donors (Lipinski definition) is 3. The fourth-order valence-corrected chi connectivity index (χ4v) is 1.92. The van der Waals surface area contributed by atoms with Crippen molar-refractivity contribution >= 4 is 39.7 Å². The molecule has 0 aromatic heterocycles. The highest BCUT2D eigenvalue weighted by Crippen LogP contribution is 2.23. The number of hydrazine groups is 1. The quantitative estimate of drug-likeness (QED) is 0.412. The summed E-state index contributed by atoms with van der Waals surface area (Å²) in [5, 5.41) is 2.40. The van der Waals surface area contributed by atoms with Crippen molar-refractivity contribution in [3.05, 3.63) is 34.3 Å². The van der Waals surface area contributed by atoms with Crippen molar-refractivity contribution in [1.29, 1.82) is 0 Å². The van der Waals surface area contributed by atoms with E-state index in [2.05, 4.69) is 26.7 Å². The first kappa shape index (κ1) is 18.7. The first-order valence-corrected chi connectivity index (χ1v) is 7.55. The first-order valence-electron chi connectivity index (χ1n) is 6.76. The van der Waals surface area contributed by atoms with Crippen LogP contribution >= 0.6 is 15.9 Å². The number of ether oxygens (including phenoxy) is 1. The maximum absolute atomic E-state index is 11.7. The predicted molar refractivity (Wildman–Crippen MR) is 89.3 cm³/mol. The van der Waals surface area contributed by atoms with Crippen molar-refractivity contribution in [1.82, 2.24) is 16.2 Å². The van der Waals surface area contributed by atoms with Gasteiger partial charge >= 0.3 is 11.8 Å². The molecule has 8 heteroatoms. The van der Waals surface area contributed by atoms with Crippen LogP contribution in [0.2, 0.25) is 0 Å². The number of nitrogens with one attached hydrogen (secondary N) is 3. The Bertz CT molecular complexity index is 629. The fraction of sp³-hybridized carbons (Fsp3) is 0.267. The van der Waals surface area contributed by atoms with Crippen molar-refractivity contribution < 1.29 is 19.1 Å². The fourth-order valence-electron chi connectivity index (χ4n) is 1.55. The predicted octanol–water partition coefficient (Wildman–Crippen LogP) is 1.14. The first-order chi connectivity index (χ1) is 10.8. The zero-order valence-corrected chi connectivity index (χ0v) is 14.6. The highest BCUT2D eigenvalue weighted by atomic mass is 79.9. The van der Waals surface area contributed by atoms with Gasteiger partial charge in [0.2, 0.25) is 0 Å². The van der Waals surface area contributed by atoms with Gasteiger partial charge in [-0.1, -0.05) is 15.9 Å². The zero-order chi connectivity index (χ0) is 17.4. The molecule has 0 aliphatic carbocycles. The van der Waals surface area contributed by atoms with Gasteiger partial charge in [-0.3, -0.25) is 25.2 Å². The van der Waals surface area contributed by atoms with Gasteiger partial charge in [-0.25, -0.2) is 0 Å². The van der Waals surface area contributed by atoms with Gasteiger partial charge in [0.25, 0.3) is 5.91 Å². The average molecular weight is 384 g/mol. The topological polar surface area (TPSA) is 96.5 Å². The van der Waals surface area contributed by atoms with Gasteiger partial charge in [-0.05, 0) is 38.1 Å². The summed E-state index contributed by atoms with van der Waals surface area (Å²) in [5.41, 5.74) is 4.82. The lowest BCUT2D eigenvalue weighted by atomic mass is 10.2. The lowest BCUT2D eigenvalue weighted by Crippen LogP contribution is -2.49. The molecule has 124 valence electrons. The Morgan fingerprint density at radius 3 is 2.48 bits per heavy atom. The molecule has 0 bridgehead atoms. The maximum atomic E-state index is 11.7. The number of halogens is 1. The SMILES string of the molecule is COc1ccc(Br)cc1/C=C/C(=O)NNC(=O)C(=O)NC(C)C. The van der Waals surface area contributed by atoms with Crippen molar-refractivity contribution in [3.8, 4) is 5.75 Å². The van der Waals surface area contributed by atoms with Crippen LogP contribution in [0.5, 0.6) is 5.75 Å². The van der Waals surface area contributed by atoms with Crippen LogP contribution in [0, 0.1) is 0 Å². The third-order valence-corrected chi connectivity index (χ3v) is 3.02. The molecule has 7 nitrogen and oxygen atoms in total. The third-order valence-electron chi connectivity index (χ3n) is 2.53. The molecule has 0 saturated heterocycles. The van der Waals surface area contributed by atoms with Gasteiger partial charge in [0.15, 0.2) is 0 Å². The Balaban J connectivity index is 2.58. The van der Waals surface area contributed by atoms with Crippen LogP contribution in [-0.2, 0) is 14.4 Å². The minimum absolute atomic E-state index is 0.173. The van der Waals surface area contributed by atoms with Gasteiger partial charge in [0.05, 0.1) is 7.11 Å². The van der Waals surface area contributed by atoms with E-state index in [1.807, 2.05) is 11.5 Å². The molecule has 0 unspecified atom stereocenters. The molecule has 0 saturated carbocycles. The van der Waals surface area contributed by atoms with Gasteiger partial charge in [-0.15, -0.1) is 0 Å². The molecule has 0 aliphatic heterocycles. The Labute approximate surface area is 142 Å². The van der Waals surface area contributed by atoms with Crippen molar-refractivity contribution in [2.45, 2.75) is 19.9 Å². The molecule has 1 aromatic carbocycles. The number of methoxy groups -OCH3 is 1. The van der Waals surface area contributed by atoms with Crippen LogP contribution < -0.4 is 20.9 Å². The molecule has 0 atom stereocenters. The Kier molecular flexibility index (Phi) is 7.27. The van der Waals surface area contributed by atoms with E-state index in [1.165, 1.54) is 19.3 Å². The highest BCUT2D eigenvalue weighted by Gasteiger charge is 2.14. The Morgan fingerprint density at radius 2 is 1.87 bits per heavy atom. The van der Waals surface area contributed by atoms with Gasteiger partial charge < -0.3 is 10.1 Å². The summed E-state index contributed by atoms with van der Waals surface area (Å²) in [4.78, 5) is 34.4. The molecule has 0 heterocycles. The molecule has 0 spiro atoms. The van der Waals surface area contributed by atoms with E-state index in [0.29, 0.717) is 11.3 Å². The van der Waals surface area contributed by atoms with Crippen molar-refractivity contribution in [3.63, 3.8) is 0 Å². The zero-order valence-electron chi connectivity index (χ0n) is 13.0. The Morgan fingerprint density at radius 1 is 1.17 bits per heavy atom. The van der Waals surface area contributed by atoms with E-state index in [-0.39, 0.29) is 6.04 Å². The van der Waals surface area contributed by atoms with E-state index in [1.54, 1.807) is 26.0 Å². The molecule has 0 radical (unpaired) electrons. The molecular formula is C15H18BrN3O4. The smallest absolute Gasteiger partial charge is 0.327 e. The lowest BCUT2D eigenvalue weighted by molar-refractivity contribution is -0.140. The summed E-state index contributed by atoms with van der Waals surface area (Å²) in [6, 6.07) is 5.16. The number of benzene rings is 1. The number of rotatable bonds is 4. The van der Waals surface area contributed by atoms with E-state index in [9.17, 15) is 14.4 Å². The van der Waals surface area contributed by atoms with Crippen LogP contribution in [0.3, 0.4) is 0 Å². The number of carbonyl (C=O) groups is 3. The van der Waals surface area contributed by atoms with Crippen LogP contribution in [-0.4, -0.2) is 30.9 Å². The number of amides is 3. The van der Waals surface area contributed by atoms with Gasteiger partial charge in [-0.2, -0.15) is 0 Å². The monoisotopic (exact) mass is 383 g/mol. The minimum Gasteiger partial charge on any atom is -0.496 e. The summed E-state index contributed by atoms with van der Waals surface area (Å²) < 4.78 is 6.00. The molecule has 1 rings (SSSR count). The second-order valence-corrected chi connectivity index (χ2v) is 5.71. The summed E-state index contributed by atoms with van der Waals surface area (Å²) in [6.45, 7) is 3.44. The molecule has 0 fully saturated rings. The van der Waals surface area contributed by atoms with Crippen LogP contribution in [0.15, 0.2) is 28.7 Å². The van der Waals surface area contributed by atoms with Crippen LogP contribution in [0.4, 0.5) is 0 Å². The van der Waals surface area contributed by atoms with Crippen molar-refractivity contribution in [2.24, 2.45) is 0 Å². The van der Waals surface area contributed by atoms with Crippen LogP contribution in [0.25, 0.3) is 6.08 Å². The normalized spacial score (nSPS) is 10.5. The largest absolute Gasteiger partial charge is 0.496 e. The van der Waals surface area contributed by atoms with Gasteiger partial charge in [0, 0.05) is 22.2 Å². The highest BCUT2D eigenvalue weighted by molar-refractivity contribution is 9.10. The molecule has 23 heavy (non-hydrogen) atoms. The minimum atomic E-state index is -0.944. The third kappa shape index (κ3) is 6.52. The lowest BCUT2D eigenvalue weighted by Gasteiger charge is -2.08. The molecule has 3 N–H and O–H groups in total. The summed E-state index contributed by atoms with van der Waals surface area (Å²) in [6.07, 6.45) is 2.74. The van der Waals surface area contributed by atoms with E-state index >= 15 is 0 Å². The van der Waals surface area contributed by atoms with E-state index in [4.69, 9.17) is 4.74 Å². The molecular weight excluding hydrogens is 366 g/mol. The van der Waals surface area contributed by atoms with E-state index in [0.717, 1.165) is 4.47 Å². The Hall–Kier alpha value is -2.35. The van der Waals surface area contributed by atoms with E-state index < -0.39 is 17.7 Å². The molecule has 1 aromatic rings. The molecule has 0 aliphatic rings. The standard InChI is InChI=1S/C15H18BrN3O4/c1-9(2)17-14(21)15(22)19-18-13(20)7-4-10-8-11(16)5-6-12(10)23-3/h4-9H,1-3H3,(H,17,21)(H,18,20)(H,19,22)/b7-4+. The summed E-state index contributed by atoms with van der Waals surface area (Å²) in [7, 11) is 1.52. The second-order valence-electron chi connectivity index (χ2n) is 4.79. The van der Waals surface area contributed by atoms with Crippen molar-refractivity contribution in [2.75, 3.05) is 7.11 Å². The number of hydrogen-bond acceptors (Lipinski definition) is 4. The van der Waals surface area contributed by atoms with Crippen LogP contribution in [0.1, 0.15) is 19.4 Å².